The summed E-state index contributed by atoms with van der Waals surface area (Å²) in [6, 6.07) is 6.61. The van der Waals surface area contributed by atoms with Crippen molar-refractivity contribution in [2.45, 2.75) is 64.9 Å². The summed E-state index contributed by atoms with van der Waals surface area (Å²) < 4.78 is 4.99. The average molecular weight is 539 g/mol. The van der Waals surface area contributed by atoms with Gasteiger partial charge < -0.3 is 20.1 Å². The quantitative estimate of drug-likeness (QED) is 0.261. The van der Waals surface area contributed by atoms with Gasteiger partial charge >= 0.3 is 5.97 Å². The lowest BCUT2D eigenvalue weighted by molar-refractivity contribution is -0.147. The predicted octanol–water partition coefficient (Wildman–Crippen LogP) is 2.65. The number of nitrogens with zero attached hydrogens (tertiary/aromatic N) is 4. The maximum Gasteiger partial charge on any atom is 0.306 e. The summed E-state index contributed by atoms with van der Waals surface area (Å²) in [7, 11) is 0. The molecule has 0 aliphatic carbocycles. The fraction of sp³-hybridized carbons (Fsp3) is 0.464. The number of amides is 2. The number of aromatic hydroxyl groups is 1. The van der Waals surface area contributed by atoms with Crippen LogP contribution >= 0.6 is 0 Å². The van der Waals surface area contributed by atoms with Gasteiger partial charge in [0.05, 0.1) is 17.7 Å². The Morgan fingerprint density at radius 3 is 2.21 bits per heavy atom. The topological polar surface area (TPSA) is 155 Å². The molecule has 0 radical (unpaired) electrons. The molecule has 1 atom stereocenters. The summed E-state index contributed by atoms with van der Waals surface area (Å²) >= 11 is 0. The Hall–Kier alpha value is -3.83. The van der Waals surface area contributed by atoms with Crippen molar-refractivity contribution in [1.82, 2.24) is 19.9 Å². The van der Waals surface area contributed by atoms with E-state index in [1.807, 2.05) is 33.8 Å². The minimum Gasteiger partial charge on any atom is -0.505 e. The van der Waals surface area contributed by atoms with E-state index in [1.54, 1.807) is 18.2 Å². The molecule has 2 aromatic carbocycles. The lowest BCUT2D eigenvalue weighted by Crippen LogP contribution is -2.30. The molecular formula is C28H34N4O7. The number of ether oxygens (including phenoxy) is 1. The summed E-state index contributed by atoms with van der Waals surface area (Å²) in [6.45, 7) is 7.39. The van der Waals surface area contributed by atoms with Gasteiger partial charge in [-0.2, -0.15) is 0 Å². The zero-order chi connectivity index (χ0) is 28.5. The number of unbranched alkanes of at least 4 members (excludes halogenated alkanes) is 1. The third-order valence-corrected chi connectivity index (χ3v) is 6.64. The second kappa shape index (κ2) is 11.1. The number of aliphatic hydroxyl groups excluding tert-OH is 2. The summed E-state index contributed by atoms with van der Waals surface area (Å²) in [4.78, 5) is 40.4. The second-order valence-corrected chi connectivity index (χ2v) is 10.8. The van der Waals surface area contributed by atoms with Gasteiger partial charge in [0.25, 0.3) is 11.8 Å². The van der Waals surface area contributed by atoms with E-state index in [9.17, 15) is 24.6 Å². The number of imide groups is 1. The zero-order valence-corrected chi connectivity index (χ0v) is 22.6. The lowest BCUT2D eigenvalue weighted by Gasteiger charge is -2.23. The van der Waals surface area contributed by atoms with Crippen molar-refractivity contribution in [3.63, 3.8) is 0 Å². The molecule has 0 saturated carbocycles. The molecule has 1 aliphatic rings. The van der Waals surface area contributed by atoms with E-state index in [0.717, 1.165) is 18.4 Å². The molecule has 11 heteroatoms. The molecule has 3 aromatic rings. The number of carbonyl (C=O) groups is 3. The highest BCUT2D eigenvalue weighted by Gasteiger charge is 2.36. The van der Waals surface area contributed by atoms with Crippen LogP contribution in [0.5, 0.6) is 5.75 Å². The van der Waals surface area contributed by atoms with Gasteiger partial charge in [-0.05, 0) is 42.0 Å². The Kier molecular flexibility index (Phi) is 8.03. The molecule has 4 rings (SSSR count). The van der Waals surface area contributed by atoms with Gasteiger partial charge in [-0.25, -0.2) is 0 Å². The molecule has 0 saturated heterocycles. The van der Waals surface area contributed by atoms with E-state index in [-0.39, 0.29) is 48.1 Å². The van der Waals surface area contributed by atoms with E-state index in [1.165, 1.54) is 9.70 Å². The number of hydrogen-bond donors (Lipinski definition) is 3. The van der Waals surface area contributed by atoms with Crippen molar-refractivity contribution >= 4 is 28.8 Å². The Bertz CT molecular complexity index is 1370. The molecule has 208 valence electrons. The lowest BCUT2D eigenvalue weighted by atomic mass is 9.84. The fourth-order valence-corrected chi connectivity index (χ4v) is 4.43. The molecule has 11 nitrogen and oxygen atoms in total. The molecule has 0 spiro atoms. The zero-order valence-electron chi connectivity index (χ0n) is 22.6. The van der Waals surface area contributed by atoms with Gasteiger partial charge in [0.2, 0.25) is 0 Å². The number of aliphatic hydroxyl groups is 2. The Morgan fingerprint density at radius 2 is 1.67 bits per heavy atom. The van der Waals surface area contributed by atoms with Gasteiger partial charge in [-0.3, -0.25) is 19.3 Å². The number of phenolic OH excluding ortho intramolecular Hbond substituents is 1. The summed E-state index contributed by atoms with van der Waals surface area (Å²) in [5.41, 5.74) is 2.58. The first kappa shape index (κ1) is 28.2. The highest BCUT2D eigenvalue weighted by Crippen LogP contribution is 2.37. The largest absolute Gasteiger partial charge is 0.505 e. The van der Waals surface area contributed by atoms with Gasteiger partial charge in [-0.15, -0.1) is 15.0 Å². The van der Waals surface area contributed by atoms with Crippen LogP contribution in [0.2, 0.25) is 0 Å². The maximum atomic E-state index is 12.9. The van der Waals surface area contributed by atoms with Crippen LogP contribution in [-0.4, -0.2) is 78.9 Å². The van der Waals surface area contributed by atoms with Gasteiger partial charge in [0, 0.05) is 18.5 Å². The molecule has 1 unspecified atom stereocenters. The molecule has 0 bridgehead atoms. The van der Waals surface area contributed by atoms with Crippen molar-refractivity contribution in [2.24, 2.45) is 0 Å². The Morgan fingerprint density at radius 1 is 1.05 bits per heavy atom. The van der Waals surface area contributed by atoms with Crippen LogP contribution in [0, 0.1) is 0 Å². The molecule has 39 heavy (non-hydrogen) atoms. The van der Waals surface area contributed by atoms with Crippen LogP contribution in [0.3, 0.4) is 0 Å². The van der Waals surface area contributed by atoms with Crippen molar-refractivity contribution in [3.05, 3.63) is 46.5 Å². The number of aromatic nitrogens is 3. The first-order valence-corrected chi connectivity index (χ1v) is 13.0. The summed E-state index contributed by atoms with van der Waals surface area (Å²) in [5.74, 6) is -1.25. The van der Waals surface area contributed by atoms with Crippen molar-refractivity contribution in [3.8, 4) is 11.4 Å². The monoisotopic (exact) mass is 538 g/mol. The number of aryl methyl sites for hydroxylation is 1. The Labute approximate surface area is 226 Å². The first-order chi connectivity index (χ1) is 18.4. The highest BCUT2D eigenvalue weighted by atomic mass is 16.5. The molecular weight excluding hydrogens is 504 g/mol. The van der Waals surface area contributed by atoms with Crippen molar-refractivity contribution in [1.29, 1.82) is 0 Å². The number of fused-ring (bicyclic) bond motifs is 2. The SMILES string of the molecule is CCCCN1C(=O)c2cc3nn(-c4cc(CCC(=O)OCC(O)CO)cc(C(C)(C)C)c4O)nc3cc2C1=O. The van der Waals surface area contributed by atoms with E-state index < -0.39 is 24.1 Å². The fourth-order valence-electron chi connectivity index (χ4n) is 4.43. The predicted molar refractivity (Wildman–Crippen MR) is 142 cm³/mol. The molecule has 2 heterocycles. The Balaban J connectivity index is 1.67. The number of carbonyl (C=O) groups excluding carboxylic acids is 3. The molecule has 1 aliphatic heterocycles. The summed E-state index contributed by atoms with van der Waals surface area (Å²) in [6.07, 6.45) is 0.758. The van der Waals surface area contributed by atoms with Crippen LogP contribution in [0.15, 0.2) is 24.3 Å². The second-order valence-electron chi connectivity index (χ2n) is 10.8. The number of rotatable bonds is 10. The van der Waals surface area contributed by atoms with Crippen LogP contribution in [-0.2, 0) is 21.4 Å². The minimum absolute atomic E-state index is 0.0198. The number of benzene rings is 2. The number of hydrogen-bond acceptors (Lipinski definition) is 9. The smallest absolute Gasteiger partial charge is 0.306 e. The first-order valence-electron chi connectivity index (χ1n) is 13.0. The van der Waals surface area contributed by atoms with Crippen LogP contribution in [0.4, 0.5) is 0 Å². The molecule has 2 amide bonds. The normalized spacial score (nSPS) is 14.3. The number of esters is 1. The van der Waals surface area contributed by atoms with Gasteiger partial charge in [-0.1, -0.05) is 40.2 Å². The maximum absolute atomic E-state index is 12.9. The molecule has 0 fully saturated rings. The van der Waals surface area contributed by atoms with Gasteiger partial charge in [0.15, 0.2) is 0 Å². The van der Waals surface area contributed by atoms with Crippen LogP contribution in [0.25, 0.3) is 16.7 Å². The van der Waals surface area contributed by atoms with E-state index >= 15 is 0 Å². The van der Waals surface area contributed by atoms with Crippen LogP contribution < -0.4 is 0 Å². The van der Waals surface area contributed by atoms with Crippen LogP contribution in [0.1, 0.15) is 78.8 Å². The summed E-state index contributed by atoms with van der Waals surface area (Å²) in [5, 5.41) is 38.5. The standard InChI is InChI=1S/C28H34N4O7/c1-5-6-9-31-26(37)18-12-21-22(13-19(18)27(31)38)30-32(29-21)23-11-16(10-20(25(23)36)28(2,3)4)7-8-24(35)39-15-17(34)14-33/h10-13,17,33-34,36H,5-9,14-15H2,1-4H3. The van der Waals surface area contributed by atoms with Crippen molar-refractivity contribution < 1.29 is 34.4 Å². The van der Waals surface area contributed by atoms with Gasteiger partial charge in [0.1, 0.15) is 35.2 Å². The van der Waals surface area contributed by atoms with E-state index in [4.69, 9.17) is 9.84 Å². The third-order valence-electron chi connectivity index (χ3n) is 6.64. The third kappa shape index (κ3) is 5.79. The van der Waals surface area contributed by atoms with E-state index in [2.05, 4.69) is 10.2 Å². The average Bonchev–Trinajstić information content (AvgIpc) is 3.41. The van der Waals surface area contributed by atoms with E-state index in [0.29, 0.717) is 28.8 Å². The highest BCUT2D eigenvalue weighted by molar-refractivity contribution is 6.22. The minimum atomic E-state index is -1.13. The molecule has 3 N–H and O–H groups in total. The van der Waals surface area contributed by atoms with Crippen molar-refractivity contribution in [2.75, 3.05) is 19.8 Å². The number of phenols is 1. The molecule has 1 aromatic heterocycles.